The second-order valence-electron chi connectivity index (χ2n) is 3.26. The molecule has 0 saturated heterocycles. The summed E-state index contributed by atoms with van der Waals surface area (Å²) in [4.78, 5) is 1.52. The summed E-state index contributed by atoms with van der Waals surface area (Å²) in [6, 6.07) is 5.68. The third kappa shape index (κ3) is 2.00. The number of aryl methyl sites for hydroxylation is 1. The molecule has 78 valence electrons. The van der Waals surface area contributed by atoms with Crippen molar-refractivity contribution in [1.82, 2.24) is 15.0 Å². The van der Waals surface area contributed by atoms with Gasteiger partial charge in [0.05, 0.1) is 17.6 Å². The van der Waals surface area contributed by atoms with Crippen LogP contribution in [0.25, 0.3) is 5.69 Å². The van der Waals surface area contributed by atoms with Crippen LogP contribution in [0.15, 0.2) is 24.4 Å². The van der Waals surface area contributed by atoms with Gasteiger partial charge in [-0.25, -0.2) is 0 Å². The molecule has 0 bridgehead atoms. The van der Waals surface area contributed by atoms with Crippen molar-refractivity contribution in [3.8, 4) is 5.69 Å². The maximum Gasteiger partial charge on any atom is 0.0967 e. The fourth-order valence-electron chi connectivity index (χ4n) is 1.22. The van der Waals surface area contributed by atoms with Gasteiger partial charge in [-0.3, -0.25) is 0 Å². The van der Waals surface area contributed by atoms with Crippen molar-refractivity contribution in [1.29, 1.82) is 0 Å². The Kier molecular flexibility index (Phi) is 2.70. The van der Waals surface area contributed by atoms with E-state index >= 15 is 0 Å². The molecule has 5 heteroatoms. The molecule has 0 unspecified atom stereocenters. The van der Waals surface area contributed by atoms with Crippen LogP contribution in [0.1, 0.15) is 11.3 Å². The summed E-state index contributed by atoms with van der Waals surface area (Å²) in [6.07, 6.45) is 1.65. The molecule has 2 aromatic rings. The van der Waals surface area contributed by atoms with E-state index in [1.165, 1.54) is 4.80 Å². The normalized spacial score (nSPS) is 10.6. The number of hydrogen-bond donors (Lipinski definition) is 1. The van der Waals surface area contributed by atoms with E-state index in [1.807, 2.05) is 25.1 Å². The molecule has 0 aliphatic carbocycles. The van der Waals surface area contributed by atoms with Gasteiger partial charge >= 0.3 is 0 Å². The molecule has 15 heavy (non-hydrogen) atoms. The van der Waals surface area contributed by atoms with Crippen LogP contribution in [0.3, 0.4) is 0 Å². The lowest BCUT2D eigenvalue weighted by atomic mass is 10.2. The van der Waals surface area contributed by atoms with E-state index in [9.17, 15) is 0 Å². The third-order valence-electron chi connectivity index (χ3n) is 2.13. The predicted octanol–water partition coefficient (Wildman–Crippen LogP) is 1.69. The molecule has 0 fully saturated rings. The number of nitrogens with zero attached hydrogens (tertiary/aromatic N) is 3. The first-order chi connectivity index (χ1) is 7.20. The summed E-state index contributed by atoms with van der Waals surface area (Å²) < 4.78 is 0. The van der Waals surface area contributed by atoms with E-state index in [4.69, 9.17) is 17.3 Å². The van der Waals surface area contributed by atoms with Gasteiger partial charge in [-0.15, -0.1) is 0 Å². The Hall–Kier alpha value is -1.39. The first kappa shape index (κ1) is 10.1. The molecule has 0 spiro atoms. The molecule has 2 rings (SSSR count). The predicted molar refractivity (Wildman–Crippen MR) is 59.0 cm³/mol. The fraction of sp³-hybridized carbons (Fsp3) is 0.200. The molecule has 0 aliphatic heterocycles. The molecule has 0 atom stereocenters. The van der Waals surface area contributed by atoms with Crippen LogP contribution in [-0.2, 0) is 6.54 Å². The molecule has 1 aromatic carbocycles. The van der Waals surface area contributed by atoms with Gasteiger partial charge in [-0.1, -0.05) is 17.7 Å². The first-order valence-corrected chi connectivity index (χ1v) is 4.96. The second kappa shape index (κ2) is 4.00. The molecule has 0 radical (unpaired) electrons. The number of rotatable bonds is 2. The Labute approximate surface area is 92.7 Å². The lowest BCUT2D eigenvalue weighted by Gasteiger charge is -2.02. The molecule has 2 N–H and O–H groups in total. The van der Waals surface area contributed by atoms with Gasteiger partial charge in [-0.2, -0.15) is 15.0 Å². The standard InChI is InChI=1S/C10H11ClN4/c1-7-2-3-9(4-10(7)11)15-13-6-8(5-12)14-15/h2-4,6H,5,12H2,1H3. The van der Waals surface area contributed by atoms with Crippen LogP contribution >= 0.6 is 11.6 Å². The third-order valence-corrected chi connectivity index (χ3v) is 2.54. The van der Waals surface area contributed by atoms with Crippen LogP contribution in [0.5, 0.6) is 0 Å². The Morgan fingerprint density at radius 1 is 1.47 bits per heavy atom. The van der Waals surface area contributed by atoms with Gasteiger partial charge in [0.1, 0.15) is 0 Å². The molecule has 1 heterocycles. The van der Waals surface area contributed by atoms with E-state index < -0.39 is 0 Å². The minimum absolute atomic E-state index is 0.388. The molecular formula is C10H11ClN4. The highest BCUT2D eigenvalue weighted by molar-refractivity contribution is 6.31. The summed E-state index contributed by atoms with van der Waals surface area (Å²) in [6.45, 7) is 2.34. The van der Waals surface area contributed by atoms with Crippen LogP contribution in [0.2, 0.25) is 5.02 Å². The quantitative estimate of drug-likeness (QED) is 0.841. The van der Waals surface area contributed by atoms with E-state index in [0.29, 0.717) is 11.6 Å². The maximum absolute atomic E-state index is 6.01. The lowest BCUT2D eigenvalue weighted by Crippen LogP contribution is -2.01. The first-order valence-electron chi connectivity index (χ1n) is 4.58. The zero-order valence-electron chi connectivity index (χ0n) is 8.31. The molecule has 1 aromatic heterocycles. The number of hydrogen-bond acceptors (Lipinski definition) is 3. The summed E-state index contributed by atoms with van der Waals surface area (Å²) in [5.41, 5.74) is 8.08. The number of nitrogens with two attached hydrogens (primary N) is 1. The van der Waals surface area contributed by atoms with Crippen LogP contribution in [0, 0.1) is 6.92 Å². The van der Waals surface area contributed by atoms with Gasteiger partial charge in [0.15, 0.2) is 0 Å². The van der Waals surface area contributed by atoms with Crippen molar-refractivity contribution in [2.75, 3.05) is 0 Å². The van der Waals surface area contributed by atoms with Gasteiger partial charge in [0.25, 0.3) is 0 Å². The van der Waals surface area contributed by atoms with E-state index in [2.05, 4.69) is 10.2 Å². The minimum atomic E-state index is 0.388. The van der Waals surface area contributed by atoms with Crippen LogP contribution in [0.4, 0.5) is 0 Å². The van der Waals surface area contributed by atoms with Crippen molar-refractivity contribution in [2.45, 2.75) is 13.5 Å². The van der Waals surface area contributed by atoms with Crippen molar-refractivity contribution in [3.63, 3.8) is 0 Å². The van der Waals surface area contributed by atoms with Gasteiger partial charge < -0.3 is 5.73 Å². The highest BCUT2D eigenvalue weighted by Gasteiger charge is 2.03. The topological polar surface area (TPSA) is 56.7 Å². The SMILES string of the molecule is Cc1ccc(-n2ncc(CN)n2)cc1Cl. The minimum Gasteiger partial charge on any atom is -0.325 e. The zero-order chi connectivity index (χ0) is 10.8. The van der Waals surface area contributed by atoms with E-state index in [-0.39, 0.29) is 0 Å². The largest absolute Gasteiger partial charge is 0.325 e. The fourth-order valence-corrected chi connectivity index (χ4v) is 1.39. The smallest absolute Gasteiger partial charge is 0.0967 e. The molecule has 0 saturated carbocycles. The van der Waals surface area contributed by atoms with Gasteiger partial charge in [-0.05, 0) is 24.6 Å². The van der Waals surface area contributed by atoms with Gasteiger partial charge in [0.2, 0.25) is 0 Å². The molecule has 0 amide bonds. The summed E-state index contributed by atoms with van der Waals surface area (Å²) >= 11 is 6.01. The van der Waals surface area contributed by atoms with Crippen LogP contribution < -0.4 is 5.73 Å². The van der Waals surface area contributed by atoms with Gasteiger partial charge in [0, 0.05) is 11.6 Å². The highest BCUT2D eigenvalue weighted by Crippen LogP contribution is 2.18. The molecule has 4 nitrogen and oxygen atoms in total. The molecular weight excluding hydrogens is 212 g/mol. The van der Waals surface area contributed by atoms with Crippen LogP contribution in [-0.4, -0.2) is 15.0 Å². The monoisotopic (exact) mass is 222 g/mol. The zero-order valence-corrected chi connectivity index (χ0v) is 9.07. The average Bonchev–Trinajstić information content (AvgIpc) is 2.70. The Morgan fingerprint density at radius 3 is 2.87 bits per heavy atom. The summed E-state index contributed by atoms with van der Waals surface area (Å²) in [5, 5.41) is 8.99. The second-order valence-corrected chi connectivity index (χ2v) is 3.67. The number of halogens is 1. The maximum atomic E-state index is 6.01. The van der Waals surface area contributed by atoms with Crippen molar-refractivity contribution in [3.05, 3.63) is 40.7 Å². The molecule has 0 aliphatic rings. The van der Waals surface area contributed by atoms with E-state index in [0.717, 1.165) is 16.9 Å². The Morgan fingerprint density at radius 2 is 2.27 bits per heavy atom. The Bertz CT molecular complexity index is 478. The van der Waals surface area contributed by atoms with Crippen molar-refractivity contribution >= 4 is 11.6 Å². The highest BCUT2D eigenvalue weighted by atomic mass is 35.5. The lowest BCUT2D eigenvalue weighted by molar-refractivity contribution is 0.737. The summed E-state index contributed by atoms with van der Waals surface area (Å²) in [7, 11) is 0. The number of benzene rings is 1. The Balaban J connectivity index is 2.40. The summed E-state index contributed by atoms with van der Waals surface area (Å²) in [5.74, 6) is 0. The van der Waals surface area contributed by atoms with Crippen molar-refractivity contribution < 1.29 is 0 Å². The van der Waals surface area contributed by atoms with E-state index in [1.54, 1.807) is 6.20 Å². The number of aromatic nitrogens is 3. The van der Waals surface area contributed by atoms with Crippen molar-refractivity contribution in [2.24, 2.45) is 5.73 Å². The average molecular weight is 223 g/mol.